The second-order valence-corrected chi connectivity index (χ2v) is 4.97. The Hall–Kier alpha value is -1.20. The number of piperidine rings is 1. The van der Waals surface area contributed by atoms with Crippen molar-refractivity contribution in [2.24, 2.45) is 5.92 Å². The Morgan fingerprint density at radius 3 is 2.60 bits per heavy atom. The van der Waals surface area contributed by atoms with Gasteiger partial charge in [0.15, 0.2) is 0 Å². The third kappa shape index (κ3) is 3.90. The Bertz CT molecular complexity index is 444. The van der Waals surface area contributed by atoms with Crippen molar-refractivity contribution in [3.05, 3.63) is 35.4 Å². The van der Waals surface area contributed by atoms with Gasteiger partial charge >= 0.3 is 0 Å². The van der Waals surface area contributed by atoms with Crippen LogP contribution < -0.4 is 10.6 Å². The van der Waals surface area contributed by atoms with Gasteiger partial charge in [0, 0.05) is 6.04 Å². The topological polar surface area (TPSA) is 41.1 Å². The number of benzene rings is 1. The summed E-state index contributed by atoms with van der Waals surface area (Å²) in [6, 6.07) is 3.31. The van der Waals surface area contributed by atoms with Crippen molar-refractivity contribution < 1.29 is 13.6 Å². The lowest BCUT2D eigenvalue weighted by Gasteiger charge is -2.29. The molecule has 1 aliphatic heterocycles. The molecule has 1 aromatic carbocycles. The first-order valence-corrected chi connectivity index (χ1v) is 6.55. The highest BCUT2D eigenvalue weighted by atomic mass is 35.5. The van der Waals surface area contributed by atoms with Crippen LogP contribution in [0.25, 0.3) is 0 Å². The van der Waals surface area contributed by atoms with Gasteiger partial charge in [0.1, 0.15) is 17.2 Å². The number of carbonyl (C=O) groups excluding carboxylic acids is 1. The number of carbonyl (C=O) groups is 1. The molecule has 1 heterocycles. The van der Waals surface area contributed by atoms with Gasteiger partial charge in [0.25, 0.3) is 5.91 Å². The van der Waals surface area contributed by atoms with Crippen molar-refractivity contribution in [2.45, 2.75) is 25.8 Å². The standard InChI is InChI=1S/C14H18F2N2O.ClH/c1-9(10-4-3-7-17-8-10)18-14(19)13-11(15)5-2-6-12(13)16;/h2,5-6,9-10,17H,3-4,7-8H2,1H3,(H,18,19);1H. The molecule has 3 nitrogen and oxygen atoms in total. The maximum Gasteiger partial charge on any atom is 0.257 e. The zero-order valence-electron chi connectivity index (χ0n) is 11.3. The summed E-state index contributed by atoms with van der Waals surface area (Å²) in [6.45, 7) is 3.68. The van der Waals surface area contributed by atoms with Crippen molar-refractivity contribution in [3.8, 4) is 0 Å². The van der Waals surface area contributed by atoms with E-state index in [9.17, 15) is 13.6 Å². The highest BCUT2D eigenvalue weighted by Crippen LogP contribution is 2.16. The molecule has 20 heavy (non-hydrogen) atoms. The molecule has 1 amide bonds. The van der Waals surface area contributed by atoms with Gasteiger partial charge in [-0.3, -0.25) is 4.79 Å². The Morgan fingerprint density at radius 2 is 2.05 bits per heavy atom. The Morgan fingerprint density at radius 1 is 1.40 bits per heavy atom. The average molecular weight is 305 g/mol. The SMILES string of the molecule is CC(NC(=O)c1c(F)cccc1F)C1CCCNC1.Cl. The molecule has 0 spiro atoms. The minimum absolute atomic E-state index is 0. The average Bonchev–Trinajstić information content (AvgIpc) is 2.39. The fourth-order valence-corrected chi connectivity index (χ4v) is 2.42. The lowest BCUT2D eigenvalue weighted by molar-refractivity contribution is 0.0913. The van der Waals surface area contributed by atoms with Crippen LogP contribution in [-0.2, 0) is 0 Å². The number of nitrogens with one attached hydrogen (secondary N) is 2. The molecule has 1 aromatic rings. The van der Waals surface area contributed by atoms with Gasteiger partial charge in [-0.25, -0.2) is 8.78 Å². The summed E-state index contributed by atoms with van der Waals surface area (Å²) in [6.07, 6.45) is 2.06. The monoisotopic (exact) mass is 304 g/mol. The quantitative estimate of drug-likeness (QED) is 0.901. The first-order chi connectivity index (χ1) is 9.09. The van der Waals surface area contributed by atoms with E-state index >= 15 is 0 Å². The number of hydrogen-bond acceptors (Lipinski definition) is 2. The van der Waals surface area contributed by atoms with Gasteiger partial charge in [-0.15, -0.1) is 12.4 Å². The molecular formula is C14H19ClF2N2O. The van der Waals surface area contributed by atoms with E-state index in [2.05, 4.69) is 10.6 Å². The largest absolute Gasteiger partial charge is 0.349 e. The van der Waals surface area contributed by atoms with E-state index in [1.54, 1.807) is 0 Å². The predicted molar refractivity (Wildman–Crippen MR) is 76.1 cm³/mol. The van der Waals surface area contributed by atoms with Crippen LogP contribution in [0.3, 0.4) is 0 Å². The van der Waals surface area contributed by atoms with Crippen LogP contribution in [0.2, 0.25) is 0 Å². The van der Waals surface area contributed by atoms with Gasteiger partial charge in [-0.05, 0) is 50.9 Å². The van der Waals surface area contributed by atoms with E-state index in [1.165, 1.54) is 6.07 Å². The van der Waals surface area contributed by atoms with Gasteiger partial charge in [0.2, 0.25) is 0 Å². The van der Waals surface area contributed by atoms with Crippen LogP contribution in [0.15, 0.2) is 18.2 Å². The van der Waals surface area contributed by atoms with Gasteiger partial charge in [-0.2, -0.15) is 0 Å². The lowest BCUT2D eigenvalue weighted by atomic mass is 9.92. The van der Waals surface area contributed by atoms with Crippen LogP contribution in [0.1, 0.15) is 30.1 Å². The maximum atomic E-state index is 13.5. The Kier molecular flexibility index (Phi) is 6.36. The Balaban J connectivity index is 0.00000200. The zero-order valence-corrected chi connectivity index (χ0v) is 12.1. The minimum atomic E-state index is -0.827. The van der Waals surface area contributed by atoms with Crippen molar-refractivity contribution in [2.75, 3.05) is 13.1 Å². The molecule has 112 valence electrons. The molecule has 2 rings (SSSR count). The number of amides is 1. The fraction of sp³-hybridized carbons (Fsp3) is 0.500. The normalized spacial score (nSPS) is 19.9. The molecule has 0 aliphatic carbocycles. The molecule has 1 saturated heterocycles. The second kappa shape index (κ2) is 7.55. The molecule has 0 radical (unpaired) electrons. The van der Waals surface area contributed by atoms with Gasteiger partial charge in [0.05, 0.1) is 0 Å². The highest BCUT2D eigenvalue weighted by molar-refractivity contribution is 5.94. The van der Waals surface area contributed by atoms with Crippen LogP contribution in [0.4, 0.5) is 8.78 Å². The maximum absolute atomic E-state index is 13.5. The summed E-state index contributed by atoms with van der Waals surface area (Å²) in [5, 5.41) is 5.94. The summed E-state index contributed by atoms with van der Waals surface area (Å²) in [5.41, 5.74) is -0.502. The summed E-state index contributed by atoms with van der Waals surface area (Å²) < 4.78 is 27.0. The molecular weight excluding hydrogens is 286 g/mol. The van der Waals surface area contributed by atoms with Gasteiger partial charge in [-0.1, -0.05) is 6.07 Å². The van der Waals surface area contributed by atoms with E-state index in [0.717, 1.165) is 38.1 Å². The highest BCUT2D eigenvalue weighted by Gasteiger charge is 2.24. The van der Waals surface area contributed by atoms with Crippen molar-refractivity contribution in [1.82, 2.24) is 10.6 Å². The third-order valence-electron chi connectivity index (χ3n) is 3.59. The van der Waals surface area contributed by atoms with E-state index in [-0.39, 0.29) is 18.4 Å². The van der Waals surface area contributed by atoms with E-state index in [4.69, 9.17) is 0 Å². The van der Waals surface area contributed by atoms with Crippen LogP contribution >= 0.6 is 12.4 Å². The summed E-state index contributed by atoms with van der Waals surface area (Å²) in [5.74, 6) is -2.04. The second-order valence-electron chi connectivity index (χ2n) is 4.97. The van der Waals surface area contributed by atoms with Crippen molar-refractivity contribution in [1.29, 1.82) is 0 Å². The van der Waals surface area contributed by atoms with E-state index in [1.807, 2.05) is 6.92 Å². The molecule has 6 heteroatoms. The fourth-order valence-electron chi connectivity index (χ4n) is 2.42. The van der Waals surface area contributed by atoms with Crippen molar-refractivity contribution in [3.63, 3.8) is 0 Å². The first-order valence-electron chi connectivity index (χ1n) is 6.55. The predicted octanol–water partition coefficient (Wildman–Crippen LogP) is 2.50. The van der Waals surface area contributed by atoms with Crippen molar-refractivity contribution >= 4 is 18.3 Å². The van der Waals surface area contributed by atoms with E-state index < -0.39 is 23.1 Å². The smallest absolute Gasteiger partial charge is 0.257 e. The molecule has 1 fully saturated rings. The zero-order chi connectivity index (χ0) is 13.8. The molecule has 2 N–H and O–H groups in total. The summed E-state index contributed by atoms with van der Waals surface area (Å²) in [7, 11) is 0. The first kappa shape index (κ1) is 16.9. The minimum Gasteiger partial charge on any atom is -0.349 e. The third-order valence-corrected chi connectivity index (χ3v) is 3.59. The van der Waals surface area contributed by atoms with Gasteiger partial charge < -0.3 is 10.6 Å². The van der Waals surface area contributed by atoms with Crippen LogP contribution in [-0.4, -0.2) is 25.0 Å². The number of hydrogen-bond donors (Lipinski definition) is 2. The summed E-state index contributed by atoms with van der Waals surface area (Å²) >= 11 is 0. The lowest BCUT2D eigenvalue weighted by Crippen LogP contribution is -2.44. The molecule has 1 aliphatic rings. The van der Waals surface area contributed by atoms with Crippen LogP contribution in [0, 0.1) is 17.6 Å². The van der Waals surface area contributed by atoms with E-state index in [0.29, 0.717) is 5.92 Å². The van der Waals surface area contributed by atoms with Crippen LogP contribution in [0.5, 0.6) is 0 Å². The molecule has 2 unspecified atom stereocenters. The Labute approximate surface area is 123 Å². The summed E-state index contributed by atoms with van der Waals surface area (Å²) in [4.78, 5) is 11.9. The molecule has 0 aromatic heterocycles. The molecule has 0 saturated carbocycles. The number of halogens is 3. The molecule has 2 atom stereocenters. The molecule has 0 bridgehead atoms. The number of rotatable bonds is 3.